The molecule has 1 rings (SSSR count). The van der Waals surface area contributed by atoms with E-state index in [2.05, 4.69) is 36.7 Å². The fraction of sp³-hybridized carbons (Fsp3) is 0.500. The number of aliphatic hydroxyl groups is 1. The summed E-state index contributed by atoms with van der Waals surface area (Å²) in [6.45, 7) is 5.34. The summed E-state index contributed by atoms with van der Waals surface area (Å²) in [5, 5.41) is 8.66. The van der Waals surface area contributed by atoms with Crippen molar-refractivity contribution in [1.82, 2.24) is 0 Å². The SMILES string of the molecule is Cc1cc[n+](CCCO)c(C)c1.[Br-]. The molecule has 0 unspecified atom stereocenters. The van der Waals surface area contributed by atoms with Gasteiger partial charge in [-0.3, -0.25) is 0 Å². The first-order valence-corrected chi connectivity index (χ1v) is 4.31. The summed E-state index contributed by atoms with van der Waals surface area (Å²) < 4.78 is 2.16. The van der Waals surface area contributed by atoms with E-state index in [1.165, 1.54) is 11.3 Å². The van der Waals surface area contributed by atoms with E-state index in [4.69, 9.17) is 5.11 Å². The third kappa shape index (κ3) is 3.87. The number of halogens is 1. The van der Waals surface area contributed by atoms with Crippen molar-refractivity contribution < 1.29 is 26.7 Å². The molecular weight excluding hydrogens is 230 g/mol. The zero-order valence-electron chi connectivity index (χ0n) is 8.13. The Kier molecular flexibility index (Phi) is 5.91. The lowest BCUT2D eigenvalue weighted by molar-refractivity contribution is -0.703. The molecular formula is C10H16BrNO. The van der Waals surface area contributed by atoms with E-state index in [-0.39, 0.29) is 23.6 Å². The fourth-order valence-electron chi connectivity index (χ4n) is 1.28. The maximum atomic E-state index is 8.66. The van der Waals surface area contributed by atoms with Crippen molar-refractivity contribution in [3.05, 3.63) is 29.6 Å². The lowest BCUT2D eigenvalue weighted by atomic mass is 10.2. The standard InChI is InChI=1S/C10H16NO.BrH/c1-9-4-6-11(5-3-7-12)10(2)8-9;/h4,6,8,12H,3,5,7H2,1-2H3;1H/q+1;/p-1. The second kappa shape index (κ2) is 6.11. The van der Waals surface area contributed by atoms with Crippen LogP contribution in [0.5, 0.6) is 0 Å². The molecule has 0 aliphatic rings. The topological polar surface area (TPSA) is 24.1 Å². The molecule has 0 radical (unpaired) electrons. The second-order valence-electron chi connectivity index (χ2n) is 3.12. The first kappa shape index (κ1) is 12.6. The van der Waals surface area contributed by atoms with Crippen molar-refractivity contribution in [2.24, 2.45) is 0 Å². The molecule has 0 aliphatic heterocycles. The number of rotatable bonds is 3. The van der Waals surface area contributed by atoms with Crippen LogP contribution in [0.25, 0.3) is 0 Å². The van der Waals surface area contributed by atoms with Crippen molar-refractivity contribution in [3.63, 3.8) is 0 Å². The molecule has 0 amide bonds. The highest BCUT2D eigenvalue weighted by atomic mass is 79.9. The van der Waals surface area contributed by atoms with Crippen LogP contribution in [-0.2, 0) is 6.54 Å². The quantitative estimate of drug-likeness (QED) is 0.612. The summed E-state index contributed by atoms with van der Waals surface area (Å²) in [5.41, 5.74) is 2.54. The maximum absolute atomic E-state index is 8.66. The molecule has 74 valence electrons. The molecule has 1 aromatic rings. The van der Waals surface area contributed by atoms with Crippen LogP contribution in [0.4, 0.5) is 0 Å². The van der Waals surface area contributed by atoms with Crippen LogP contribution in [-0.4, -0.2) is 11.7 Å². The number of hydrogen-bond acceptors (Lipinski definition) is 1. The van der Waals surface area contributed by atoms with Gasteiger partial charge in [0, 0.05) is 32.1 Å². The fourth-order valence-corrected chi connectivity index (χ4v) is 1.28. The van der Waals surface area contributed by atoms with Crippen molar-refractivity contribution in [2.45, 2.75) is 26.8 Å². The summed E-state index contributed by atoms with van der Waals surface area (Å²) in [7, 11) is 0. The monoisotopic (exact) mass is 245 g/mol. The van der Waals surface area contributed by atoms with Gasteiger partial charge < -0.3 is 22.1 Å². The predicted molar refractivity (Wildman–Crippen MR) is 47.8 cm³/mol. The predicted octanol–water partition coefficient (Wildman–Crippen LogP) is -2.02. The summed E-state index contributed by atoms with van der Waals surface area (Å²) in [4.78, 5) is 0. The van der Waals surface area contributed by atoms with Crippen LogP contribution in [0.15, 0.2) is 18.3 Å². The molecule has 13 heavy (non-hydrogen) atoms. The van der Waals surface area contributed by atoms with Gasteiger partial charge >= 0.3 is 0 Å². The second-order valence-corrected chi connectivity index (χ2v) is 3.12. The van der Waals surface area contributed by atoms with Gasteiger partial charge in [-0.05, 0) is 12.5 Å². The van der Waals surface area contributed by atoms with Crippen LogP contribution >= 0.6 is 0 Å². The van der Waals surface area contributed by atoms with Crippen LogP contribution in [0.1, 0.15) is 17.7 Å². The molecule has 0 saturated carbocycles. The minimum atomic E-state index is 0. The largest absolute Gasteiger partial charge is 1.00 e. The smallest absolute Gasteiger partial charge is 0.178 e. The van der Waals surface area contributed by atoms with Crippen molar-refractivity contribution in [1.29, 1.82) is 0 Å². The number of aromatic nitrogens is 1. The molecule has 0 atom stereocenters. The molecule has 2 nitrogen and oxygen atoms in total. The highest BCUT2D eigenvalue weighted by Gasteiger charge is 2.03. The Bertz CT molecular complexity index is 263. The van der Waals surface area contributed by atoms with Gasteiger partial charge in [-0.15, -0.1) is 0 Å². The Balaban J connectivity index is 0.00000144. The van der Waals surface area contributed by atoms with E-state index in [0.717, 1.165) is 13.0 Å². The van der Waals surface area contributed by atoms with Gasteiger partial charge in [-0.2, -0.15) is 0 Å². The molecule has 3 heteroatoms. The Morgan fingerprint density at radius 3 is 2.62 bits per heavy atom. The Hall–Kier alpha value is -0.410. The Labute approximate surface area is 90.0 Å². The zero-order chi connectivity index (χ0) is 8.97. The van der Waals surface area contributed by atoms with Gasteiger partial charge in [0.1, 0.15) is 0 Å². The third-order valence-electron chi connectivity index (χ3n) is 1.96. The normalized spacial score (nSPS) is 9.46. The molecule has 0 saturated heterocycles. The van der Waals surface area contributed by atoms with E-state index in [1.807, 2.05) is 0 Å². The minimum absolute atomic E-state index is 0. The molecule has 0 aromatic carbocycles. The van der Waals surface area contributed by atoms with E-state index in [1.54, 1.807) is 0 Å². The maximum Gasteiger partial charge on any atom is 0.178 e. The molecule has 1 heterocycles. The van der Waals surface area contributed by atoms with Gasteiger partial charge in [0.15, 0.2) is 18.4 Å². The van der Waals surface area contributed by atoms with Crippen LogP contribution < -0.4 is 21.5 Å². The van der Waals surface area contributed by atoms with E-state index < -0.39 is 0 Å². The van der Waals surface area contributed by atoms with Gasteiger partial charge in [0.25, 0.3) is 0 Å². The first-order chi connectivity index (χ1) is 5.74. The molecule has 0 fully saturated rings. The van der Waals surface area contributed by atoms with Gasteiger partial charge in [-0.1, -0.05) is 0 Å². The average Bonchev–Trinajstić information content (AvgIpc) is 2.03. The molecule has 0 spiro atoms. The van der Waals surface area contributed by atoms with E-state index in [0.29, 0.717) is 0 Å². The number of nitrogens with zero attached hydrogens (tertiary/aromatic N) is 1. The molecule has 1 aromatic heterocycles. The highest BCUT2D eigenvalue weighted by Crippen LogP contribution is 1.96. The van der Waals surface area contributed by atoms with Gasteiger partial charge in [0.05, 0.1) is 0 Å². The van der Waals surface area contributed by atoms with Crippen molar-refractivity contribution in [3.8, 4) is 0 Å². The number of aryl methyl sites for hydroxylation is 3. The third-order valence-corrected chi connectivity index (χ3v) is 1.96. The number of pyridine rings is 1. The van der Waals surface area contributed by atoms with Gasteiger partial charge in [0.2, 0.25) is 0 Å². The van der Waals surface area contributed by atoms with Crippen molar-refractivity contribution >= 4 is 0 Å². The average molecular weight is 246 g/mol. The van der Waals surface area contributed by atoms with E-state index in [9.17, 15) is 0 Å². The summed E-state index contributed by atoms with van der Waals surface area (Å²) in [5.74, 6) is 0. The summed E-state index contributed by atoms with van der Waals surface area (Å²) >= 11 is 0. The number of hydrogen-bond donors (Lipinski definition) is 1. The first-order valence-electron chi connectivity index (χ1n) is 4.31. The van der Waals surface area contributed by atoms with E-state index >= 15 is 0 Å². The van der Waals surface area contributed by atoms with Crippen LogP contribution in [0.2, 0.25) is 0 Å². The highest BCUT2D eigenvalue weighted by molar-refractivity contribution is 5.08. The molecule has 0 bridgehead atoms. The lowest BCUT2D eigenvalue weighted by Crippen LogP contribution is -3.00. The molecule has 0 aliphatic carbocycles. The minimum Gasteiger partial charge on any atom is -1.00 e. The summed E-state index contributed by atoms with van der Waals surface area (Å²) in [6.07, 6.45) is 2.90. The zero-order valence-corrected chi connectivity index (χ0v) is 9.71. The van der Waals surface area contributed by atoms with Crippen LogP contribution in [0.3, 0.4) is 0 Å². The van der Waals surface area contributed by atoms with Gasteiger partial charge in [-0.25, -0.2) is 4.57 Å². The summed E-state index contributed by atoms with van der Waals surface area (Å²) in [6, 6.07) is 4.24. The van der Waals surface area contributed by atoms with Crippen molar-refractivity contribution in [2.75, 3.05) is 6.61 Å². The number of aliphatic hydroxyl groups excluding tert-OH is 1. The lowest BCUT2D eigenvalue weighted by Gasteiger charge is -1.99. The Morgan fingerprint density at radius 1 is 1.38 bits per heavy atom. The Morgan fingerprint density at radius 2 is 2.08 bits per heavy atom. The van der Waals surface area contributed by atoms with Crippen LogP contribution in [0, 0.1) is 13.8 Å². The molecule has 1 N–H and O–H groups in total.